The molecule has 3 N–H and O–H groups in total. The minimum absolute atomic E-state index is 0.107. The number of aliphatic hydroxyl groups excluding tert-OH is 1. The molecule has 1 unspecified atom stereocenters. The van der Waals surface area contributed by atoms with Crippen LogP contribution in [0.3, 0.4) is 0 Å². The molecule has 0 aromatic carbocycles. The van der Waals surface area contributed by atoms with Crippen molar-refractivity contribution in [2.75, 3.05) is 0 Å². The SMILES string of the molecule is CC1C[C@@H](O)[C@@H](C(=O)O)N1. The van der Waals surface area contributed by atoms with Crippen molar-refractivity contribution < 1.29 is 15.0 Å². The van der Waals surface area contributed by atoms with Crippen molar-refractivity contribution in [3.63, 3.8) is 0 Å². The van der Waals surface area contributed by atoms with Gasteiger partial charge in [-0.3, -0.25) is 10.1 Å². The van der Waals surface area contributed by atoms with Gasteiger partial charge in [0, 0.05) is 6.04 Å². The molecule has 58 valence electrons. The monoisotopic (exact) mass is 145 g/mol. The molecule has 0 amide bonds. The molecule has 4 heteroatoms. The van der Waals surface area contributed by atoms with Crippen LogP contribution in [0, 0.1) is 0 Å². The van der Waals surface area contributed by atoms with Crippen LogP contribution in [0.25, 0.3) is 0 Å². The third-order valence-electron chi connectivity index (χ3n) is 1.71. The lowest BCUT2D eigenvalue weighted by Crippen LogP contribution is -2.39. The van der Waals surface area contributed by atoms with E-state index in [0.29, 0.717) is 6.42 Å². The number of aliphatic hydroxyl groups is 1. The van der Waals surface area contributed by atoms with Crippen LogP contribution in [0.5, 0.6) is 0 Å². The molecule has 3 atom stereocenters. The lowest BCUT2D eigenvalue weighted by Gasteiger charge is -2.07. The molecule has 0 spiro atoms. The fourth-order valence-electron chi connectivity index (χ4n) is 1.22. The van der Waals surface area contributed by atoms with Crippen molar-refractivity contribution in [3.8, 4) is 0 Å². The first-order chi connectivity index (χ1) is 4.61. The van der Waals surface area contributed by atoms with Gasteiger partial charge in [-0.1, -0.05) is 0 Å². The smallest absolute Gasteiger partial charge is 0.323 e. The van der Waals surface area contributed by atoms with Crippen molar-refractivity contribution in [2.45, 2.75) is 31.5 Å². The zero-order valence-corrected chi connectivity index (χ0v) is 5.74. The molecule has 1 aliphatic rings. The number of nitrogens with one attached hydrogen (secondary N) is 1. The maximum absolute atomic E-state index is 10.3. The summed E-state index contributed by atoms with van der Waals surface area (Å²) in [6.45, 7) is 1.85. The molecule has 1 aliphatic heterocycles. The zero-order valence-electron chi connectivity index (χ0n) is 5.74. The van der Waals surface area contributed by atoms with Crippen molar-refractivity contribution in [3.05, 3.63) is 0 Å². The van der Waals surface area contributed by atoms with Crippen LogP contribution >= 0.6 is 0 Å². The zero-order chi connectivity index (χ0) is 7.72. The lowest BCUT2D eigenvalue weighted by atomic mass is 10.1. The van der Waals surface area contributed by atoms with Gasteiger partial charge in [-0.25, -0.2) is 0 Å². The van der Waals surface area contributed by atoms with Crippen molar-refractivity contribution in [1.29, 1.82) is 0 Å². The van der Waals surface area contributed by atoms with Gasteiger partial charge in [0.2, 0.25) is 0 Å². The fourth-order valence-corrected chi connectivity index (χ4v) is 1.22. The number of carbonyl (C=O) groups is 1. The van der Waals surface area contributed by atoms with Crippen LogP contribution in [0.15, 0.2) is 0 Å². The molecule has 1 saturated heterocycles. The number of carboxylic acids is 1. The third-order valence-corrected chi connectivity index (χ3v) is 1.71. The summed E-state index contributed by atoms with van der Waals surface area (Å²) < 4.78 is 0. The molecular weight excluding hydrogens is 134 g/mol. The number of hydrogen-bond acceptors (Lipinski definition) is 3. The van der Waals surface area contributed by atoms with Gasteiger partial charge >= 0.3 is 5.97 Å². The van der Waals surface area contributed by atoms with Gasteiger partial charge in [0.25, 0.3) is 0 Å². The second-order valence-electron chi connectivity index (χ2n) is 2.69. The quantitative estimate of drug-likeness (QED) is 0.451. The van der Waals surface area contributed by atoms with E-state index in [2.05, 4.69) is 5.32 Å². The van der Waals surface area contributed by atoms with E-state index in [1.807, 2.05) is 6.92 Å². The Kier molecular flexibility index (Phi) is 1.92. The average Bonchev–Trinajstić information content (AvgIpc) is 2.10. The third kappa shape index (κ3) is 1.27. The predicted molar refractivity (Wildman–Crippen MR) is 34.6 cm³/mol. The molecule has 0 saturated carbocycles. The fraction of sp³-hybridized carbons (Fsp3) is 0.833. The van der Waals surface area contributed by atoms with Crippen LogP contribution < -0.4 is 5.32 Å². The Bertz CT molecular complexity index is 148. The highest BCUT2D eigenvalue weighted by molar-refractivity contribution is 5.74. The first kappa shape index (κ1) is 7.50. The minimum Gasteiger partial charge on any atom is -0.480 e. The summed E-state index contributed by atoms with van der Waals surface area (Å²) in [5.74, 6) is -0.975. The highest BCUT2D eigenvalue weighted by atomic mass is 16.4. The number of carboxylic acid groups (broad SMARTS) is 1. The van der Waals surface area contributed by atoms with Gasteiger partial charge in [-0.2, -0.15) is 0 Å². The standard InChI is InChI=1S/C6H11NO3/c1-3-2-4(8)5(7-3)6(9)10/h3-5,7-8H,2H2,1H3,(H,9,10)/t3?,4-,5+/m1/s1. The lowest BCUT2D eigenvalue weighted by molar-refractivity contribution is -0.141. The molecule has 0 aromatic heterocycles. The largest absolute Gasteiger partial charge is 0.480 e. The molecule has 1 rings (SSSR count). The van der Waals surface area contributed by atoms with E-state index in [0.717, 1.165) is 0 Å². The van der Waals surface area contributed by atoms with E-state index in [9.17, 15) is 4.79 Å². The molecular formula is C6H11NO3. The van der Waals surface area contributed by atoms with Gasteiger partial charge in [0.1, 0.15) is 6.04 Å². The first-order valence-electron chi connectivity index (χ1n) is 3.28. The van der Waals surface area contributed by atoms with E-state index in [1.165, 1.54) is 0 Å². The molecule has 0 bridgehead atoms. The predicted octanol–water partition coefficient (Wildman–Crippen LogP) is -0.818. The maximum Gasteiger partial charge on any atom is 0.323 e. The van der Waals surface area contributed by atoms with Gasteiger partial charge in [0.15, 0.2) is 0 Å². The maximum atomic E-state index is 10.3. The Morgan fingerprint density at radius 1 is 1.70 bits per heavy atom. The number of aliphatic carboxylic acids is 1. The molecule has 1 fully saturated rings. The van der Waals surface area contributed by atoms with E-state index in [1.54, 1.807) is 0 Å². The van der Waals surface area contributed by atoms with Gasteiger partial charge < -0.3 is 10.2 Å². The molecule has 0 aromatic rings. The van der Waals surface area contributed by atoms with Gasteiger partial charge in [-0.05, 0) is 13.3 Å². The highest BCUT2D eigenvalue weighted by Gasteiger charge is 2.34. The normalized spacial score (nSPS) is 40.0. The second kappa shape index (κ2) is 2.56. The summed E-state index contributed by atoms with van der Waals surface area (Å²) in [5, 5.41) is 20.3. The summed E-state index contributed by atoms with van der Waals surface area (Å²) in [6.07, 6.45) is -0.204. The second-order valence-corrected chi connectivity index (χ2v) is 2.69. The summed E-state index contributed by atoms with van der Waals surface area (Å²) in [6, 6.07) is -0.661. The van der Waals surface area contributed by atoms with E-state index < -0.39 is 18.1 Å². The van der Waals surface area contributed by atoms with Crippen LogP contribution in [0.1, 0.15) is 13.3 Å². The van der Waals surface area contributed by atoms with E-state index in [4.69, 9.17) is 10.2 Å². The van der Waals surface area contributed by atoms with E-state index >= 15 is 0 Å². The topological polar surface area (TPSA) is 69.6 Å². The van der Waals surface area contributed by atoms with Gasteiger partial charge in [0.05, 0.1) is 6.10 Å². The Hall–Kier alpha value is -0.610. The number of rotatable bonds is 1. The van der Waals surface area contributed by atoms with Crippen molar-refractivity contribution in [1.82, 2.24) is 5.32 Å². The molecule has 0 aliphatic carbocycles. The molecule has 0 radical (unpaired) electrons. The Labute approximate surface area is 58.9 Å². The summed E-state index contributed by atoms with van der Waals surface area (Å²) in [5.41, 5.74) is 0. The first-order valence-corrected chi connectivity index (χ1v) is 3.28. The molecule has 10 heavy (non-hydrogen) atoms. The van der Waals surface area contributed by atoms with Crippen LogP contribution in [-0.2, 0) is 4.79 Å². The summed E-state index contributed by atoms with van der Waals surface area (Å²) in [7, 11) is 0. The summed E-state index contributed by atoms with van der Waals surface area (Å²) >= 11 is 0. The van der Waals surface area contributed by atoms with Crippen LogP contribution in [0.4, 0.5) is 0 Å². The minimum atomic E-state index is -0.975. The van der Waals surface area contributed by atoms with Gasteiger partial charge in [-0.15, -0.1) is 0 Å². The number of hydrogen-bond donors (Lipinski definition) is 3. The van der Waals surface area contributed by atoms with Crippen molar-refractivity contribution in [2.24, 2.45) is 0 Å². The summed E-state index contributed by atoms with van der Waals surface area (Å²) in [4.78, 5) is 10.3. The Morgan fingerprint density at radius 2 is 2.30 bits per heavy atom. The average molecular weight is 145 g/mol. The van der Waals surface area contributed by atoms with Crippen LogP contribution in [0.2, 0.25) is 0 Å². The molecule has 4 nitrogen and oxygen atoms in total. The Morgan fingerprint density at radius 3 is 2.50 bits per heavy atom. The van der Waals surface area contributed by atoms with Crippen LogP contribution in [-0.4, -0.2) is 34.4 Å². The van der Waals surface area contributed by atoms with E-state index in [-0.39, 0.29) is 6.04 Å². The Balaban J connectivity index is 2.54. The van der Waals surface area contributed by atoms with Crippen molar-refractivity contribution >= 4 is 5.97 Å². The molecule has 1 heterocycles. The highest BCUT2D eigenvalue weighted by Crippen LogP contribution is 2.12.